The van der Waals surface area contributed by atoms with Gasteiger partial charge in [-0.05, 0) is 37.0 Å². The van der Waals surface area contributed by atoms with Crippen LogP contribution in [0.4, 0.5) is 4.39 Å². The number of hydrogen-bond donors (Lipinski definition) is 2. The largest absolute Gasteiger partial charge is 0.342 e. The number of rotatable bonds is 4. The number of H-pyrrole nitrogens is 1. The average molecular weight is 301 g/mol. The molecule has 1 aromatic carbocycles. The second-order valence-electron chi connectivity index (χ2n) is 5.24. The molecule has 1 amide bonds. The molecule has 0 fully saturated rings. The van der Waals surface area contributed by atoms with Gasteiger partial charge >= 0.3 is 0 Å². The van der Waals surface area contributed by atoms with E-state index in [0.29, 0.717) is 11.4 Å². The summed E-state index contributed by atoms with van der Waals surface area (Å²) < 4.78 is 13.1. The Morgan fingerprint density at radius 2 is 2.14 bits per heavy atom. The van der Waals surface area contributed by atoms with Crippen molar-refractivity contribution in [3.8, 4) is 0 Å². The maximum atomic E-state index is 13.1. The van der Waals surface area contributed by atoms with Crippen LogP contribution in [-0.2, 0) is 4.79 Å². The molecule has 2 aromatic rings. The zero-order chi connectivity index (χ0) is 15.4. The second kappa shape index (κ2) is 6.46. The first kappa shape index (κ1) is 14.4. The lowest BCUT2D eigenvalue weighted by Crippen LogP contribution is -2.35. The number of nitrogens with zero attached hydrogens (tertiary/aromatic N) is 3. The molecule has 1 aliphatic carbocycles. The van der Waals surface area contributed by atoms with Gasteiger partial charge in [-0.15, -0.1) is 10.2 Å². The topological polar surface area (TPSA) is 83.6 Å². The van der Waals surface area contributed by atoms with Crippen LogP contribution in [0, 0.1) is 11.7 Å². The van der Waals surface area contributed by atoms with Crippen molar-refractivity contribution >= 4 is 5.91 Å². The molecule has 1 aromatic heterocycles. The molecular formula is C15H16FN5O. The molecule has 0 bridgehead atoms. The van der Waals surface area contributed by atoms with Crippen molar-refractivity contribution in [2.75, 3.05) is 0 Å². The summed E-state index contributed by atoms with van der Waals surface area (Å²) in [7, 11) is 0. The minimum absolute atomic E-state index is 0.0523. The van der Waals surface area contributed by atoms with Gasteiger partial charge in [-0.2, -0.15) is 5.21 Å². The van der Waals surface area contributed by atoms with Gasteiger partial charge in [0, 0.05) is 5.92 Å². The van der Waals surface area contributed by atoms with Crippen molar-refractivity contribution in [3.05, 3.63) is 53.6 Å². The van der Waals surface area contributed by atoms with Crippen LogP contribution >= 0.6 is 0 Å². The van der Waals surface area contributed by atoms with Crippen molar-refractivity contribution < 1.29 is 9.18 Å². The maximum absolute atomic E-state index is 13.1. The Balaban J connectivity index is 1.81. The van der Waals surface area contributed by atoms with Crippen LogP contribution in [0.2, 0.25) is 0 Å². The lowest BCUT2D eigenvalue weighted by molar-refractivity contribution is -0.125. The summed E-state index contributed by atoms with van der Waals surface area (Å²) >= 11 is 0. The molecule has 7 heteroatoms. The number of aromatic amines is 1. The van der Waals surface area contributed by atoms with Crippen molar-refractivity contribution in [1.29, 1.82) is 0 Å². The van der Waals surface area contributed by atoms with E-state index in [0.717, 1.165) is 19.3 Å². The average Bonchev–Trinajstić information content (AvgIpc) is 3.08. The molecule has 1 aliphatic rings. The predicted molar refractivity (Wildman–Crippen MR) is 77.0 cm³/mol. The van der Waals surface area contributed by atoms with E-state index >= 15 is 0 Å². The highest BCUT2D eigenvalue weighted by atomic mass is 19.1. The molecule has 6 nitrogen and oxygen atoms in total. The molecule has 1 heterocycles. The van der Waals surface area contributed by atoms with Gasteiger partial charge in [-0.3, -0.25) is 4.79 Å². The molecule has 3 rings (SSSR count). The van der Waals surface area contributed by atoms with Crippen LogP contribution in [0.25, 0.3) is 0 Å². The van der Waals surface area contributed by atoms with E-state index in [1.807, 2.05) is 6.08 Å². The molecular weight excluding hydrogens is 285 g/mol. The third-order valence-corrected chi connectivity index (χ3v) is 3.75. The number of aromatic nitrogens is 4. The van der Waals surface area contributed by atoms with Gasteiger partial charge in [0.1, 0.15) is 11.9 Å². The maximum Gasteiger partial charge on any atom is 0.224 e. The first-order valence-corrected chi connectivity index (χ1v) is 7.18. The second-order valence-corrected chi connectivity index (χ2v) is 5.24. The third-order valence-electron chi connectivity index (χ3n) is 3.75. The first-order chi connectivity index (χ1) is 10.7. The van der Waals surface area contributed by atoms with E-state index in [2.05, 4.69) is 32.0 Å². The van der Waals surface area contributed by atoms with E-state index in [1.54, 1.807) is 12.1 Å². The number of benzene rings is 1. The Morgan fingerprint density at radius 1 is 1.32 bits per heavy atom. The lowest BCUT2D eigenvalue weighted by atomic mass is 9.93. The molecule has 2 N–H and O–H groups in total. The summed E-state index contributed by atoms with van der Waals surface area (Å²) in [5.41, 5.74) is 0.711. The standard InChI is InChI=1S/C15H16FN5O/c16-12-8-6-10(7-9-12)13(14-18-20-21-19-14)17-15(22)11-4-2-1-3-5-11/h1-2,6-9,11,13H,3-5H2,(H,17,22)(H,18,19,20,21)/t11-,13?/m1/s1. The van der Waals surface area contributed by atoms with Crippen LogP contribution in [0.5, 0.6) is 0 Å². The Kier molecular flexibility index (Phi) is 4.22. The number of carbonyl (C=O) groups is 1. The number of hydrogen-bond acceptors (Lipinski definition) is 4. The van der Waals surface area contributed by atoms with Crippen molar-refractivity contribution in [1.82, 2.24) is 25.9 Å². The molecule has 0 radical (unpaired) electrons. The van der Waals surface area contributed by atoms with Crippen molar-refractivity contribution in [3.63, 3.8) is 0 Å². The molecule has 0 saturated heterocycles. The zero-order valence-electron chi connectivity index (χ0n) is 11.9. The van der Waals surface area contributed by atoms with Gasteiger partial charge in [-0.25, -0.2) is 4.39 Å². The third kappa shape index (κ3) is 3.19. The Labute approximate surface area is 126 Å². The zero-order valence-corrected chi connectivity index (χ0v) is 11.9. The summed E-state index contributed by atoms with van der Waals surface area (Å²) in [6, 6.07) is 5.36. The van der Waals surface area contributed by atoms with E-state index in [4.69, 9.17) is 0 Å². The minimum Gasteiger partial charge on any atom is -0.342 e. The summed E-state index contributed by atoms with van der Waals surface area (Å²) in [6.45, 7) is 0. The van der Waals surface area contributed by atoms with E-state index in [-0.39, 0.29) is 17.6 Å². The van der Waals surface area contributed by atoms with E-state index in [1.165, 1.54) is 12.1 Å². The number of amides is 1. The van der Waals surface area contributed by atoms with Gasteiger partial charge in [0.15, 0.2) is 0 Å². The van der Waals surface area contributed by atoms with Crippen LogP contribution in [0.3, 0.4) is 0 Å². The lowest BCUT2D eigenvalue weighted by Gasteiger charge is -2.21. The Hall–Kier alpha value is -2.57. The fourth-order valence-electron chi connectivity index (χ4n) is 2.54. The molecule has 0 spiro atoms. The SMILES string of the molecule is O=C(NC(c1ccc(F)cc1)c1nn[nH]n1)[C@@H]1CC=CCC1. The van der Waals surface area contributed by atoms with Crippen LogP contribution in [0.1, 0.15) is 36.7 Å². The number of tetrazole rings is 1. The molecule has 0 saturated carbocycles. The minimum atomic E-state index is -0.544. The summed E-state index contributed by atoms with van der Waals surface area (Å²) in [5, 5.41) is 16.7. The predicted octanol–water partition coefficient (Wildman–Crippen LogP) is 1.90. The number of allylic oxidation sites excluding steroid dienone is 2. The van der Waals surface area contributed by atoms with Gasteiger partial charge in [0.25, 0.3) is 0 Å². The monoisotopic (exact) mass is 301 g/mol. The van der Waals surface area contributed by atoms with Gasteiger partial charge in [0.05, 0.1) is 0 Å². The normalized spacial score (nSPS) is 18.9. The highest BCUT2D eigenvalue weighted by Gasteiger charge is 2.25. The first-order valence-electron chi connectivity index (χ1n) is 7.18. The van der Waals surface area contributed by atoms with Gasteiger partial charge in [0.2, 0.25) is 11.7 Å². The van der Waals surface area contributed by atoms with Crippen LogP contribution in [-0.4, -0.2) is 26.5 Å². The fourth-order valence-corrected chi connectivity index (χ4v) is 2.54. The van der Waals surface area contributed by atoms with Crippen molar-refractivity contribution in [2.24, 2.45) is 5.92 Å². The van der Waals surface area contributed by atoms with E-state index < -0.39 is 6.04 Å². The van der Waals surface area contributed by atoms with Crippen LogP contribution < -0.4 is 5.32 Å². The van der Waals surface area contributed by atoms with Gasteiger partial charge < -0.3 is 5.32 Å². The molecule has 22 heavy (non-hydrogen) atoms. The highest BCUT2D eigenvalue weighted by molar-refractivity contribution is 5.79. The Bertz CT molecular complexity index is 653. The number of carbonyl (C=O) groups excluding carboxylic acids is 1. The quantitative estimate of drug-likeness (QED) is 0.845. The highest BCUT2D eigenvalue weighted by Crippen LogP contribution is 2.23. The molecule has 114 valence electrons. The number of nitrogens with one attached hydrogen (secondary N) is 2. The molecule has 0 aliphatic heterocycles. The molecule has 2 atom stereocenters. The van der Waals surface area contributed by atoms with Crippen LogP contribution in [0.15, 0.2) is 36.4 Å². The smallest absolute Gasteiger partial charge is 0.224 e. The van der Waals surface area contributed by atoms with Gasteiger partial charge in [-0.1, -0.05) is 29.5 Å². The summed E-state index contributed by atoms with van der Waals surface area (Å²) in [4.78, 5) is 12.4. The van der Waals surface area contributed by atoms with Crippen molar-refractivity contribution in [2.45, 2.75) is 25.3 Å². The summed E-state index contributed by atoms with van der Waals surface area (Å²) in [6.07, 6.45) is 6.57. The summed E-state index contributed by atoms with van der Waals surface area (Å²) in [5.74, 6) is -0.0889. The number of halogens is 1. The fraction of sp³-hybridized carbons (Fsp3) is 0.333. The Morgan fingerprint density at radius 3 is 2.77 bits per heavy atom. The van der Waals surface area contributed by atoms with E-state index in [9.17, 15) is 9.18 Å². The molecule has 1 unspecified atom stereocenters.